The first-order valence-corrected chi connectivity index (χ1v) is 11.5. The monoisotopic (exact) mass is 536 g/mol. The zero-order valence-corrected chi connectivity index (χ0v) is 22.5. The van der Waals surface area contributed by atoms with Crippen molar-refractivity contribution < 1.29 is 38.1 Å². The third-order valence-electron chi connectivity index (χ3n) is 4.85. The Kier molecular flexibility index (Phi) is 9.67. The Balaban J connectivity index is 3.00. The van der Waals surface area contributed by atoms with Crippen molar-refractivity contribution in [3.8, 4) is 23.0 Å². The largest absolute Gasteiger partial charge is 0.494 e. The van der Waals surface area contributed by atoms with Crippen LogP contribution in [0.2, 0.25) is 10.0 Å². The number of carbonyl (C=O) groups is 4. The van der Waals surface area contributed by atoms with Crippen LogP contribution in [-0.2, 0) is 20.8 Å². The molecule has 0 radical (unpaired) electrons. The lowest BCUT2D eigenvalue weighted by atomic mass is 9.93. The number of methoxy groups -OCH3 is 1. The van der Waals surface area contributed by atoms with E-state index in [4.69, 9.17) is 42.1 Å². The number of hydrogen-bond acceptors (Lipinski definition) is 8. The summed E-state index contributed by atoms with van der Waals surface area (Å²) in [6.07, 6.45) is 2.01. The smallest absolute Gasteiger partial charge is 0.308 e. The van der Waals surface area contributed by atoms with Crippen LogP contribution in [0.15, 0.2) is 23.8 Å². The summed E-state index contributed by atoms with van der Waals surface area (Å²) < 4.78 is 21.3. The minimum atomic E-state index is -0.728. The van der Waals surface area contributed by atoms with Gasteiger partial charge < -0.3 is 18.9 Å². The van der Waals surface area contributed by atoms with Crippen LogP contribution in [0.5, 0.6) is 23.0 Å². The van der Waals surface area contributed by atoms with E-state index in [-0.39, 0.29) is 50.6 Å². The van der Waals surface area contributed by atoms with E-state index in [0.29, 0.717) is 11.1 Å². The lowest BCUT2D eigenvalue weighted by Crippen LogP contribution is -2.15. The molecular formula is C26H26Cl2O8. The first-order valence-electron chi connectivity index (χ1n) is 10.7. The quantitative estimate of drug-likeness (QED) is 0.179. The van der Waals surface area contributed by atoms with Crippen molar-refractivity contribution in [2.45, 2.75) is 48.0 Å². The van der Waals surface area contributed by atoms with Crippen molar-refractivity contribution in [2.24, 2.45) is 0 Å². The highest BCUT2D eigenvalue weighted by Crippen LogP contribution is 2.46. The molecule has 0 spiro atoms. The van der Waals surface area contributed by atoms with Gasteiger partial charge in [-0.05, 0) is 38.8 Å². The molecule has 0 saturated heterocycles. The van der Waals surface area contributed by atoms with Crippen LogP contribution >= 0.6 is 23.2 Å². The number of benzene rings is 2. The molecule has 0 unspecified atom stereocenters. The summed E-state index contributed by atoms with van der Waals surface area (Å²) in [7, 11) is 1.30. The molecular weight excluding hydrogens is 511 g/mol. The normalized spacial score (nSPS) is 10.4. The Morgan fingerprint density at radius 1 is 0.833 bits per heavy atom. The van der Waals surface area contributed by atoms with Gasteiger partial charge in [-0.2, -0.15) is 0 Å². The lowest BCUT2D eigenvalue weighted by Gasteiger charge is -2.20. The van der Waals surface area contributed by atoms with Gasteiger partial charge in [0, 0.05) is 38.0 Å². The highest BCUT2D eigenvalue weighted by molar-refractivity contribution is 6.39. The van der Waals surface area contributed by atoms with Crippen molar-refractivity contribution in [3.05, 3.63) is 56.1 Å². The number of hydrogen-bond donors (Lipinski definition) is 0. The maximum Gasteiger partial charge on any atom is 0.308 e. The predicted octanol–water partition coefficient (Wildman–Crippen LogP) is 5.83. The highest BCUT2D eigenvalue weighted by atomic mass is 35.5. The van der Waals surface area contributed by atoms with Crippen molar-refractivity contribution in [2.75, 3.05) is 7.11 Å². The van der Waals surface area contributed by atoms with Crippen LogP contribution in [0.4, 0.5) is 0 Å². The molecule has 0 aliphatic carbocycles. The highest BCUT2D eigenvalue weighted by Gasteiger charge is 2.31. The van der Waals surface area contributed by atoms with E-state index in [1.165, 1.54) is 33.1 Å². The number of carbonyl (C=O) groups excluding carboxylic acids is 4. The average Bonchev–Trinajstić information content (AvgIpc) is 2.76. The molecule has 192 valence electrons. The van der Waals surface area contributed by atoms with E-state index in [1.54, 1.807) is 6.92 Å². The second-order valence-corrected chi connectivity index (χ2v) is 8.79. The van der Waals surface area contributed by atoms with Crippen LogP contribution in [0.25, 0.3) is 0 Å². The molecule has 2 aromatic carbocycles. The lowest BCUT2D eigenvalue weighted by molar-refractivity contribution is -0.133. The molecule has 36 heavy (non-hydrogen) atoms. The number of ketones is 1. The fourth-order valence-electron chi connectivity index (χ4n) is 3.34. The first-order chi connectivity index (χ1) is 16.8. The number of esters is 3. The van der Waals surface area contributed by atoms with Gasteiger partial charge in [-0.15, -0.1) is 0 Å². The van der Waals surface area contributed by atoms with E-state index in [0.717, 1.165) is 12.5 Å². The Morgan fingerprint density at radius 3 is 1.89 bits per heavy atom. The van der Waals surface area contributed by atoms with Crippen molar-refractivity contribution in [1.29, 1.82) is 0 Å². The Morgan fingerprint density at radius 2 is 1.39 bits per heavy atom. The molecule has 2 rings (SSSR count). The summed E-state index contributed by atoms with van der Waals surface area (Å²) in [6, 6.07) is 2.66. The molecule has 0 N–H and O–H groups in total. The first kappa shape index (κ1) is 28.9. The molecule has 0 fully saturated rings. The van der Waals surface area contributed by atoms with Gasteiger partial charge in [0.25, 0.3) is 0 Å². The summed E-state index contributed by atoms with van der Waals surface area (Å²) in [5.74, 6) is -3.09. The van der Waals surface area contributed by atoms with Gasteiger partial charge in [0.2, 0.25) is 5.78 Å². The molecule has 2 aromatic rings. The number of rotatable bonds is 8. The number of halogens is 2. The van der Waals surface area contributed by atoms with E-state index in [2.05, 4.69) is 0 Å². The van der Waals surface area contributed by atoms with Crippen LogP contribution in [0, 0.1) is 6.92 Å². The molecule has 0 aliphatic rings. The predicted molar refractivity (Wildman–Crippen MR) is 135 cm³/mol. The third kappa shape index (κ3) is 6.65. The molecule has 0 bridgehead atoms. The van der Waals surface area contributed by atoms with Crippen molar-refractivity contribution in [3.63, 3.8) is 0 Å². The Bertz CT molecular complexity index is 1270. The molecule has 0 aliphatic heterocycles. The molecule has 0 saturated carbocycles. The molecule has 0 amide bonds. The summed E-state index contributed by atoms with van der Waals surface area (Å²) in [5, 5.41) is -0.00880. The zero-order chi connectivity index (χ0) is 27.3. The maximum absolute atomic E-state index is 14.1. The molecule has 10 heteroatoms. The fraction of sp³-hybridized carbons (Fsp3) is 0.308. The van der Waals surface area contributed by atoms with Crippen LogP contribution in [-0.4, -0.2) is 30.8 Å². The minimum absolute atomic E-state index is 0.00908. The van der Waals surface area contributed by atoms with Gasteiger partial charge >= 0.3 is 17.9 Å². The molecule has 0 atom stereocenters. The van der Waals surface area contributed by atoms with Crippen LogP contribution < -0.4 is 18.9 Å². The van der Waals surface area contributed by atoms with Gasteiger partial charge in [0.15, 0.2) is 11.5 Å². The van der Waals surface area contributed by atoms with Crippen LogP contribution in [0.3, 0.4) is 0 Å². The van der Waals surface area contributed by atoms with E-state index < -0.39 is 23.7 Å². The summed E-state index contributed by atoms with van der Waals surface area (Å²) in [5.41, 5.74) is 1.36. The molecule has 8 nitrogen and oxygen atoms in total. The summed E-state index contributed by atoms with van der Waals surface area (Å²) in [4.78, 5) is 49.5. The van der Waals surface area contributed by atoms with Crippen molar-refractivity contribution >= 4 is 46.9 Å². The van der Waals surface area contributed by atoms with Gasteiger partial charge in [0.05, 0.1) is 17.2 Å². The third-order valence-corrected chi connectivity index (χ3v) is 5.76. The molecule has 0 heterocycles. The zero-order valence-electron chi connectivity index (χ0n) is 21.0. The average molecular weight is 537 g/mol. The maximum atomic E-state index is 14.1. The van der Waals surface area contributed by atoms with E-state index in [1.807, 2.05) is 19.9 Å². The van der Waals surface area contributed by atoms with Crippen molar-refractivity contribution in [1.82, 2.24) is 0 Å². The Hall–Kier alpha value is -3.36. The van der Waals surface area contributed by atoms with Gasteiger partial charge in [-0.1, -0.05) is 34.9 Å². The second-order valence-electron chi connectivity index (χ2n) is 8.03. The standard InChI is InChI=1S/C26H26Cl2O8/c1-12(2)8-9-18-19(10-17(34-14(4)29)11-20(18)35-15(5)30)24(32)21-25(33-7)22(27)13(3)23(28)26(21)36-16(6)31/h8,10-11H,9H2,1-7H3. The van der Waals surface area contributed by atoms with Gasteiger partial charge in [-0.25, -0.2) is 0 Å². The second kappa shape index (κ2) is 12.1. The number of allylic oxidation sites excluding steroid dienone is 2. The van der Waals surface area contributed by atoms with Crippen LogP contribution in [0.1, 0.15) is 61.7 Å². The fourth-order valence-corrected chi connectivity index (χ4v) is 3.88. The van der Waals surface area contributed by atoms with Gasteiger partial charge in [-0.3, -0.25) is 19.2 Å². The summed E-state index contributed by atoms with van der Waals surface area (Å²) >= 11 is 12.9. The van der Waals surface area contributed by atoms with E-state index in [9.17, 15) is 19.2 Å². The SMILES string of the molecule is COc1c(Cl)c(C)c(Cl)c(OC(C)=O)c1C(=O)c1cc(OC(C)=O)cc(OC(C)=O)c1CC=C(C)C. The van der Waals surface area contributed by atoms with E-state index >= 15 is 0 Å². The summed E-state index contributed by atoms with van der Waals surface area (Å²) in [6.45, 7) is 8.84. The molecule has 0 aromatic heterocycles. The number of ether oxygens (including phenoxy) is 4. The Labute approximate surface area is 219 Å². The van der Waals surface area contributed by atoms with Gasteiger partial charge in [0.1, 0.15) is 17.1 Å². The minimum Gasteiger partial charge on any atom is -0.494 e. The topological polar surface area (TPSA) is 105 Å².